The minimum Gasteiger partial charge on any atom is -0.493 e. The molecular weight excluding hydrogens is 516 g/mol. The number of methoxy groups -OCH3 is 1. The van der Waals surface area contributed by atoms with Crippen molar-refractivity contribution in [3.63, 3.8) is 0 Å². The maximum absolute atomic E-state index is 13.9. The first-order valence-corrected chi connectivity index (χ1v) is 9.87. The fourth-order valence-corrected chi connectivity index (χ4v) is 3.22. The summed E-state index contributed by atoms with van der Waals surface area (Å²) in [5.41, 5.74) is 2.97. The zero-order valence-electron chi connectivity index (χ0n) is 15.6. The Kier molecular flexibility index (Phi) is 8.65. The highest BCUT2D eigenvalue weighted by molar-refractivity contribution is 14.1. The van der Waals surface area contributed by atoms with E-state index in [0.29, 0.717) is 27.2 Å². The number of benzene rings is 2. The second-order valence-electron chi connectivity index (χ2n) is 5.58. The minimum atomic E-state index is -0.869. The van der Waals surface area contributed by atoms with Crippen LogP contribution < -0.4 is 20.2 Å². The first-order chi connectivity index (χ1) is 13.9. The molecule has 0 spiro atoms. The summed E-state index contributed by atoms with van der Waals surface area (Å²) in [4.78, 5) is 22.9. The van der Waals surface area contributed by atoms with Crippen LogP contribution in [0.4, 0.5) is 4.39 Å². The van der Waals surface area contributed by atoms with Crippen LogP contribution in [0.3, 0.4) is 0 Å². The maximum atomic E-state index is 13.9. The zero-order chi connectivity index (χ0) is 21.4. The number of hydrogen-bond donors (Lipinski definition) is 2. The Hall–Kier alpha value is -2.40. The molecule has 0 aliphatic rings. The molecule has 2 amide bonds. The molecule has 0 aliphatic carbocycles. The van der Waals surface area contributed by atoms with Gasteiger partial charge in [0.05, 0.1) is 21.9 Å². The quantitative estimate of drug-likeness (QED) is 0.248. The second kappa shape index (κ2) is 11.0. The van der Waals surface area contributed by atoms with Crippen LogP contribution in [0.15, 0.2) is 35.4 Å². The molecular formula is C19H18ClFIN3O4. The van der Waals surface area contributed by atoms with Crippen molar-refractivity contribution in [2.45, 2.75) is 13.5 Å². The number of hydrazone groups is 1. The van der Waals surface area contributed by atoms with Crippen molar-refractivity contribution in [3.8, 4) is 11.5 Å². The van der Waals surface area contributed by atoms with Crippen LogP contribution in [-0.2, 0) is 16.2 Å². The number of nitrogens with zero attached hydrogens (tertiary/aromatic N) is 1. The lowest BCUT2D eigenvalue weighted by molar-refractivity contribution is -0.139. The second-order valence-corrected chi connectivity index (χ2v) is 7.15. The number of likely N-dealkylation sites (N-methyl/N-ethyl adjacent to an activating group) is 1. The highest BCUT2D eigenvalue weighted by Gasteiger charge is 2.15. The van der Waals surface area contributed by atoms with Gasteiger partial charge in [0.2, 0.25) is 0 Å². The summed E-state index contributed by atoms with van der Waals surface area (Å²) in [7, 11) is 1.46. The van der Waals surface area contributed by atoms with Gasteiger partial charge in [0, 0.05) is 12.1 Å². The van der Waals surface area contributed by atoms with Crippen molar-refractivity contribution in [3.05, 3.63) is 55.9 Å². The van der Waals surface area contributed by atoms with Gasteiger partial charge >= 0.3 is 11.8 Å². The van der Waals surface area contributed by atoms with E-state index in [1.54, 1.807) is 25.1 Å². The summed E-state index contributed by atoms with van der Waals surface area (Å²) in [5.74, 6) is -1.30. The Morgan fingerprint density at radius 1 is 1.31 bits per heavy atom. The van der Waals surface area contributed by atoms with E-state index >= 15 is 0 Å². The van der Waals surface area contributed by atoms with Gasteiger partial charge in [-0.05, 0) is 59.3 Å². The van der Waals surface area contributed by atoms with Gasteiger partial charge in [-0.15, -0.1) is 0 Å². The molecule has 10 heteroatoms. The number of carbonyl (C=O) groups is 2. The number of ether oxygens (including phenoxy) is 2. The highest BCUT2D eigenvalue weighted by atomic mass is 127. The zero-order valence-corrected chi connectivity index (χ0v) is 18.5. The van der Waals surface area contributed by atoms with Gasteiger partial charge in [0.15, 0.2) is 11.5 Å². The van der Waals surface area contributed by atoms with Crippen LogP contribution in [0.1, 0.15) is 18.1 Å². The number of nitrogens with one attached hydrogen (secondary N) is 2. The molecule has 7 nitrogen and oxygen atoms in total. The van der Waals surface area contributed by atoms with Gasteiger partial charge < -0.3 is 14.8 Å². The van der Waals surface area contributed by atoms with Gasteiger partial charge in [-0.2, -0.15) is 5.10 Å². The molecule has 0 radical (unpaired) electrons. The summed E-state index contributed by atoms with van der Waals surface area (Å²) < 4.78 is 25.7. The number of amides is 2. The molecule has 0 aliphatic heterocycles. The largest absolute Gasteiger partial charge is 0.493 e. The predicted octanol–water partition coefficient (Wildman–Crippen LogP) is 3.26. The molecule has 0 saturated carbocycles. The molecule has 0 bridgehead atoms. The minimum absolute atomic E-state index is 0.0755. The molecule has 0 heterocycles. The van der Waals surface area contributed by atoms with Crippen molar-refractivity contribution < 1.29 is 23.5 Å². The molecule has 2 rings (SSSR count). The Labute approximate surface area is 185 Å². The first kappa shape index (κ1) is 22.9. The summed E-state index contributed by atoms with van der Waals surface area (Å²) in [6.07, 6.45) is 1.36. The molecule has 2 aromatic carbocycles. The normalized spacial score (nSPS) is 10.7. The van der Waals surface area contributed by atoms with E-state index in [1.807, 2.05) is 22.6 Å². The molecule has 0 aromatic heterocycles. The fraction of sp³-hybridized carbons (Fsp3) is 0.211. The van der Waals surface area contributed by atoms with Gasteiger partial charge in [0.1, 0.15) is 12.4 Å². The van der Waals surface area contributed by atoms with Crippen LogP contribution in [-0.4, -0.2) is 31.7 Å². The number of carbonyl (C=O) groups excluding carboxylic acids is 2. The summed E-state index contributed by atoms with van der Waals surface area (Å²) in [6, 6.07) is 7.76. The lowest BCUT2D eigenvalue weighted by Gasteiger charge is -2.14. The van der Waals surface area contributed by atoms with Crippen LogP contribution in [0.2, 0.25) is 5.02 Å². The highest BCUT2D eigenvalue weighted by Crippen LogP contribution is 2.34. The van der Waals surface area contributed by atoms with E-state index in [2.05, 4.69) is 15.8 Å². The molecule has 29 heavy (non-hydrogen) atoms. The van der Waals surface area contributed by atoms with E-state index in [-0.39, 0.29) is 17.2 Å². The smallest absolute Gasteiger partial charge is 0.329 e. The maximum Gasteiger partial charge on any atom is 0.329 e. The topological polar surface area (TPSA) is 89.0 Å². The van der Waals surface area contributed by atoms with Crippen LogP contribution in [0.5, 0.6) is 11.5 Å². The molecule has 0 unspecified atom stereocenters. The third-order valence-corrected chi connectivity index (χ3v) is 4.75. The Bertz CT molecular complexity index is 920. The van der Waals surface area contributed by atoms with Crippen molar-refractivity contribution >= 4 is 52.2 Å². The lowest BCUT2D eigenvalue weighted by atomic mass is 10.2. The molecule has 2 N–H and O–H groups in total. The number of hydrogen-bond acceptors (Lipinski definition) is 5. The van der Waals surface area contributed by atoms with Crippen LogP contribution in [0.25, 0.3) is 0 Å². The fourth-order valence-electron chi connectivity index (χ4n) is 2.23. The van der Waals surface area contributed by atoms with E-state index < -0.39 is 17.6 Å². The Morgan fingerprint density at radius 3 is 2.72 bits per heavy atom. The van der Waals surface area contributed by atoms with Crippen molar-refractivity contribution in [1.29, 1.82) is 0 Å². The Balaban J connectivity index is 2.13. The van der Waals surface area contributed by atoms with Crippen molar-refractivity contribution in [1.82, 2.24) is 10.7 Å². The molecule has 0 atom stereocenters. The third-order valence-electron chi connectivity index (χ3n) is 3.60. The van der Waals surface area contributed by atoms with Gasteiger partial charge in [0.25, 0.3) is 0 Å². The summed E-state index contributed by atoms with van der Waals surface area (Å²) in [5, 5.41) is 6.39. The Morgan fingerprint density at radius 2 is 2.07 bits per heavy atom. The van der Waals surface area contributed by atoms with E-state index in [1.165, 1.54) is 25.5 Å². The molecule has 0 fully saturated rings. The molecule has 154 valence electrons. The van der Waals surface area contributed by atoms with E-state index in [4.69, 9.17) is 21.1 Å². The van der Waals surface area contributed by atoms with Crippen LogP contribution in [0, 0.1) is 9.39 Å². The molecule has 0 saturated heterocycles. The number of rotatable bonds is 7. The third kappa shape index (κ3) is 6.29. The van der Waals surface area contributed by atoms with E-state index in [9.17, 15) is 14.0 Å². The summed E-state index contributed by atoms with van der Waals surface area (Å²) in [6.45, 7) is 1.96. The average molecular weight is 534 g/mol. The first-order valence-electron chi connectivity index (χ1n) is 8.41. The monoisotopic (exact) mass is 533 g/mol. The van der Waals surface area contributed by atoms with Gasteiger partial charge in [-0.25, -0.2) is 9.82 Å². The summed E-state index contributed by atoms with van der Waals surface area (Å²) >= 11 is 8.06. The van der Waals surface area contributed by atoms with Gasteiger partial charge in [-0.3, -0.25) is 9.59 Å². The van der Waals surface area contributed by atoms with E-state index in [0.717, 1.165) is 0 Å². The predicted molar refractivity (Wildman–Crippen MR) is 116 cm³/mol. The lowest BCUT2D eigenvalue weighted by Crippen LogP contribution is -2.37. The standard InChI is InChI=1S/C19H18ClFIN3O4/c1-3-23-18(26)19(27)25-24-9-11-7-15(22)17(16(8-11)28-2)29-10-12-13(20)5-4-6-14(12)21/h4-9H,3,10H2,1-2H3,(H,23,26)(H,25,27)/b24-9-. The van der Waals surface area contributed by atoms with Crippen molar-refractivity contribution in [2.75, 3.05) is 13.7 Å². The van der Waals surface area contributed by atoms with Gasteiger partial charge in [-0.1, -0.05) is 17.7 Å². The molecule has 2 aromatic rings. The average Bonchev–Trinajstić information content (AvgIpc) is 2.68. The number of halogens is 3. The van der Waals surface area contributed by atoms with Crippen molar-refractivity contribution in [2.24, 2.45) is 5.10 Å². The van der Waals surface area contributed by atoms with Crippen LogP contribution >= 0.6 is 34.2 Å². The SMILES string of the molecule is CCNC(=O)C(=O)N/N=C\c1cc(I)c(OCc2c(F)cccc2Cl)c(OC)c1.